The van der Waals surface area contributed by atoms with E-state index < -0.39 is 0 Å². The zero-order valence-corrected chi connectivity index (χ0v) is 11.6. The molecule has 0 amide bonds. The summed E-state index contributed by atoms with van der Waals surface area (Å²) in [7, 11) is 0. The van der Waals surface area contributed by atoms with Crippen LogP contribution in [0.1, 0.15) is 24.9 Å². The number of nitrogens with one attached hydrogen (secondary N) is 1. The number of benzene rings is 2. The average molecular weight is 262 g/mol. The van der Waals surface area contributed by atoms with Crippen molar-refractivity contribution in [3.05, 3.63) is 72.3 Å². The van der Waals surface area contributed by atoms with Gasteiger partial charge < -0.3 is 5.32 Å². The van der Waals surface area contributed by atoms with Crippen molar-refractivity contribution in [1.29, 1.82) is 0 Å². The number of para-hydroxylation sites is 1. The van der Waals surface area contributed by atoms with Gasteiger partial charge in [-0.25, -0.2) is 4.98 Å². The van der Waals surface area contributed by atoms with Crippen molar-refractivity contribution in [2.45, 2.75) is 19.4 Å². The van der Waals surface area contributed by atoms with Crippen LogP contribution in [0.15, 0.2) is 66.7 Å². The lowest BCUT2D eigenvalue weighted by Gasteiger charge is -2.18. The summed E-state index contributed by atoms with van der Waals surface area (Å²) in [6.07, 6.45) is 1.03. The van der Waals surface area contributed by atoms with Crippen LogP contribution in [0.2, 0.25) is 0 Å². The maximum Gasteiger partial charge on any atom is 0.127 e. The summed E-state index contributed by atoms with van der Waals surface area (Å²) < 4.78 is 0. The Labute approximate surface area is 119 Å². The second-order valence-corrected chi connectivity index (χ2v) is 4.91. The van der Waals surface area contributed by atoms with Crippen LogP contribution in [0.4, 0.5) is 5.82 Å². The summed E-state index contributed by atoms with van der Waals surface area (Å²) in [5.41, 5.74) is 2.32. The Morgan fingerprint density at radius 1 is 0.900 bits per heavy atom. The third-order valence-electron chi connectivity index (χ3n) is 3.53. The van der Waals surface area contributed by atoms with Gasteiger partial charge in [0.15, 0.2) is 0 Å². The van der Waals surface area contributed by atoms with E-state index in [1.165, 1.54) is 10.9 Å². The summed E-state index contributed by atoms with van der Waals surface area (Å²) in [6.45, 7) is 2.19. The Morgan fingerprint density at radius 3 is 2.45 bits per heavy atom. The number of pyridine rings is 1. The minimum atomic E-state index is 0.296. The first-order valence-corrected chi connectivity index (χ1v) is 7.04. The highest BCUT2D eigenvalue weighted by atomic mass is 15.0. The molecule has 0 spiro atoms. The number of fused-ring (bicyclic) bond motifs is 1. The number of hydrogen-bond acceptors (Lipinski definition) is 2. The highest BCUT2D eigenvalue weighted by molar-refractivity contribution is 5.80. The Balaban J connectivity index is 1.87. The molecule has 0 radical (unpaired) electrons. The molecule has 0 aliphatic heterocycles. The standard InChI is InChI=1S/C18H18N2/c1-2-16(14-8-4-3-5-9-14)19-18-13-12-15-10-6-7-11-17(15)20-18/h3-13,16H,2H2,1H3,(H,19,20). The van der Waals surface area contributed by atoms with Crippen LogP contribution in [-0.2, 0) is 0 Å². The third-order valence-corrected chi connectivity index (χ3v) is 3.53. The molecule has 0 fully saturated rings. The SMILES string of the molecule is CCC(Nc1ccc2ccccc2n1)c1ccccc1. The van der Waals surface area contributed by atoms with E-state index in [4.69, 9.17) is 0 Å². The maximum absolute atomic E-state index is 4.68. The lowest BCUT2D eigenvalue weighted by Crippen LogP contribution is -2.10. The van der Waals surface area contributed by atoms with Crippen molar-refractivity contribution in [3.8, 4) is 0 Å². The molecule has 3 rings (SSSR count). The maximum atomic E-state index is 4.68. The normalized spacial score (nSPS) is 12.2. The van der Waals surface area contributed by atoms with Crippen molar-refractivity contribution in [2.24, 2.45) is 0 Å². The van der Waals surface area contributed by atoms with Crippen molar-refractivity contribution < 1.29 is 0 Å². The number of anilines is 1. The van der Waals surface area contributed by atoms with Crippen LogP contribution in [0, 0.1) is 0 Å². The van der Waals surface area contributed by atoms with E-state index in [0.29, 0.717) is 6.04 Å². The summed E-state index contributed by atoms with van der Waals surface area (Å²) in [6, 6.07) is 23.2. The Morgan fingerprint density at radius 2 is 1.65 bits per heavy atom. The van der Waals surface area contributed by atoms with E-state index in [2.05, 4.69) is 53.6 Å². The second kappa shape index (κ2) is 5.74. The molecule has 0 aliphatic rings. The molecule has 100 valence electrons. The molecule has 1 aromatic heterocycles. The zero-order chi connectivity index (χ0) is 13.8. The summed E-state index contributed by atoms with van der Waals surface area (Å²) in [4.78, 5) is 4.68. The fourth-order valence-corrected chi connectivity index (χ4v) is 2.43. The molecule has 20 heavy (non-hydrogen) atoms. The van der Waals surface area contributed by atoms with Crippen LogP contribution < -0.4 is 5.32 Å². The van der Waals surface area contributed by atoms with E-state index in [1.54, 1.807) is 0 Å². The first-order chi connectivity index (χ1) is 9.86. The molecule has 2 heteroatoms. The fraction of sp³-hybridized carbons (Fsp3) is 0.167. The van der Waals surface area contributed by atoms with Gasteiger partial charge >= 0.3 is 0 Å². The van der Waals surface area contributed by atoms with Gasteiger partial charge in [-0.3, -0.25) is 0 Å². The molecule has 0 aliphatic carbocycles. The third kappa shape index (κ3) is 2.64. The van der Waals surface area contributed by atoms with Crippen LogP contribution >= 0.6 is 0 Å². The molecule has 0 saturated carbocycles. The quantitative estimate of drug-likeness (QED) is 0.730. The van der Waals surface area contributed by atoms with Gasteiger partial charge in [0.25, 0.3) is 0 Å². The number of hydrogen-bond donors (Lipinski definition) is 1. The van der Waals surface area contributed by atoms with E-state index >= 15 is 0 Å². The number of rotatable bonds is 4. The van der Waals surface area contributed by atoms with Crippen LogP contribution in [0.3, 0.4) is 0 Å². The molecule has 1 heterocycles. The first-order valence-electron chi connectivity index (χ1n) is 7.04. The number of nitrogens with zero attached hydrogens (tertiary/aromatic N) is 1. The van der Waals surface area contributed by atoms with Crippen LogP contribution in [0.25, 0.3) is 10.9 Å². The predicted octanol–water partition coefficient (Wildman–Crippen LogP) is 4.80. The van der Waals surface area contributed by atoms with Crippen molar-refractivity contribution >= 4 is 16.7 Å². The van der Waals surface area contributed by atoms with Crippen LogP contribution in [-0.4, -0.2) is 4.98 Å². The molecule has 2 nitrogen and oxygen atoms in total. The monoisotopic (exact) mass is 262 g/mol. The van der Waals surface area contributed by atoms with Gasteiger partial charge in [-0.1, -0.05) is 55.5 Å². The molecule has 0 bridgehead atoms. The molecule has 1 unspecified atom stereocenters. The zero-order valence-electron chi connectivity index (χ0n) is 11.6. The molecule has 2 aromatic carbocycles. The van der Waals surface area contributed by atoms with E-state index in [9.17, 15) is 0 Å². The van der Waals surface area contributed by atoms with Gasteiger partial charge in [0.05, 0.1) is 11.6 Å². The minimum Gasteiger partial charge on any atom is -0.363 e. The van der Waals surface area contributed by atoms with Gasteiger partial charge in [0, 0.05) is 5.39 Å². The molecular formula is C18H18N2. The van der Waals surface area contributed by atoms with E-state index in [0.717, 1.165) is 17.8 Å². The largest absolute Gasteiger partial charge is 0.363 e. The molecule has 0 saturated heterocycles. The first kappa shape index (κ1) is 12.7. The number of aromatic nitrogens is 1. The molecule has 3 aromatic rings. The summed E-state index contributed by atoms with van der Waals surface area (Å²) in [5, 5.41) is 4.70. The van der Waals surface area contributed by atoms with Crippen molar-refractivity contribution in [1.82, 2.24) is 4.98 Å². The lowest BCUT2D eigenvalue weighted by atomic mass is 10.0. The topological polar surface area (TPSA) is 24.9 Å². The van der Waals surface area contributed by atoms with Crippen molar-refractivity contribution in [2.75, 3.05) is 5.32 Å². The Hall–Kier alpha value is -2.35. The average Bonchev–Trinajstić information content (AvgIpc) is 2.53. The molecule has 1 N–H and O–H groups in total. The smallest absolute Gasteiger partial charge is 0.127 e. The predicted molar refractivity (Wildman–Crippen MR) is 84.8 cm³/mol. The molecule has 1 atom stereocenters. The van der Waals surface area contributed by atoms with Gasteiger partial charge in [0.1, 0.15) is 5.82 Å². The summed E-state index contributed by atoms with van der Waals surface area (Å²) >= 11 is 0. The van der Waals surface area contributed by atoms with Gasteiger partial charge in [-0.2, -0.15) is 0 Å². The highest BCUT2D eigenvalue weighted by Gasteiger charge is 2.09. The van der Waals surface area contributed by atoms with E-state index in [-0.39, 0.29) is 0 Å². The van der Waals surface area contributed by atoms with Gasteiger partial charge in [-0.05, 0) is 30.2 Å². The summed E-state index contributed by atoms with van der Waals surface area (Å²) in [5.74, 6) is 0.930. The molecular weight excluding hydrogens is 244 g/mol. The Bertz CT molecular complexity index is 692. The van der Waals surface area contributed by atoms with E-state index in [1.807, 2.05) is 30.3 Å². The minimum absolute atomic E-state index is 0.296. The fourth-order valence-electron chi connectivity index (χ4n) is 2.43. The highest BCUT2D eigenvalue weighted by Crippen LogP contribution is 2.22. The van der Waals surface area contributed by atoms with Gasteiger partial charge in [0.2, 0.25) is 0 Å². The Kier molecular flexibility index (Phi) is 3.64. The lowest BCUT2D eigenvalue weighted by molar-refractivity contribution is 0.745. The van der Waals surface area contributed by atoms with Crippen molar-refractivity contribution in [3.63, 3.8) is 0 Å². The van der Waals surface area contributed by atoms with Crippen LogP contribution in [0.5, 0.6) is 0 Å². The second-order valence-electron chi connectivity index (χ2n) is 4.91. The van der Waals surface area contributed by atoms with Gasteiger partial charge in [-0.15, -0.1) is 0 Å².